The summed E-state index contributed by atoms with van der Waals surface area (Å²) in [6, 6.07) is 6.10. The molecule has 0 amide bonds. The second kappa shape index (κ2) is 9.28. The lowest BCUT2D eigenvalue weighted by Gasteiger charge is -2.27. The van der Waals surface area contributed by atoms with E-state index in [0.717, 1.165) is 44.1 Å². The molecular formula is C18H27NO4. The van der Waals surface area contributed by atoms with Crippen molar-refractivity contribution in [1.29, 1.82) is 0 Å². The molecule has 0 bridgehead atoms. The number of nitrogens with zero attached hydrogens (tertiary/aromatic N) is 1. The predicted octanol–water partition coefficient (Wildman–Crippen LogP) is 5.02. The van der Waals surface area contributed by atoms with Crippen LogP contribution in [0.1, 0.15) is 64.9 Å². The molecule has 128 valence electrons. The SMILES string of the molecule is CCCCCC(C)(CCC)C(=O)OCc1ccc([N+](=O)[O-])cc1. The van der Waals surface area contributed by atoms with Gasteiger partial charge in [-0.2, -0.15) is 0 Å². The van der Waals surface area contributed by atoms with E-state index in [1.54, 1.807) is 12.1 Å². The molecule has 0 saturated carbocycles. The average Bonchev–Trinajstić information content (AvgIpc) is 2.53. The summed E-state index contributed by atoms with van der Waals surface area (Å²) in [6.07, 6.45) is 5.87. The van der Waals surface area contributed by atoms with E-state index in [-0.39, 0.29) is 18.3 Å². The first-order chi connectivity index (χ1) is 10.9. The number of esters is 1. The fourth-order valence-corrected chi connectivity index (χ4v) is 2.68. The van der Waals surface area contributed by atoms with E-state index >= 15 is 0 Å². The second-order valence-corrected chi connectivity index (χ2v) is 6.27. The molecule has 5 nitrogen and oxygen atoms in total. The van der Waals surface area contributed by atoms with Gasteiger partial charge in [0.25, 0.3) is 5.69 Å². The summed E-state index contributed by atoms with van der Waals surface area (Å²) in [5.41, 5.74) is 0.358. The number of carbonyl (C=O) groups excluding carboxylic acids is 1. The zero-order valence-electron chi connectivity index (χ0n) is 14.3. The zero-order chi connectivity index (χ0) is 17.3. The van der Waals surface area contributed by atoms with E-state index in [4.69, 9.17) is 4.74 Å². The maximum absolute atomic E-state index is 12.5. The quantitative estimate of drug-likeness (QED) is 0.262. The van der Waals surface area contributed by atoms with Crippen molar-refractivity contribution in [1.82, 2.24) is 0 Å². The van der Waals surface area contributed by atoms with Gasteiger partial charge in [-0.25, -0.2) is 0 Å². The molecule has 0 N–H and O–H groups in total. The third kappa shape index (κ3) is 6.00. The van der Waals surface area contributed by atoms with Gasteiger partial charge in [0.2, 0.25) is 0 Å². The number of non-ortho nitro benzene ring substituents is 1. The predicted molar refractivity (Wildman–Crippen MR) is 90.0 cm³/mol. The highest BCUT2D eigenvalue weighted by atomic mass is 16.6. The van der Waals surface area contributed by atoms with Crippen LogP contribution in [0.3, 0.4) is 0 Å². The molecule has 0 aliphatic heterocycles. The highest BCUT2D eigenvalue weighted by Gasteiger charge is 2.33. The van der Waals surface area contributed by atoms with Gasteiger partial charge in [-0.15, -0.1) is 0 Å². The van der Waals surface area contributed by atoms with E-state index in [1.807, 2.05) is 6.92 Å². The largest absolute Gasteiger partial charge is 0.460 e. The molecule has 1 rings (SSSR count). The van der Waals surface area contributed by atoms with Gasteiger partial charge in [0.1, 0.15) is 6.61 Å². The highest BCUT2D eigenvalue weighted by molar-refractivity contribution is 5.76. The summed E-state index contributed by atoms with van der Waals surface area (Å²) >= 11 is 0. The fraction of sp³-hybridized carbons (Fsp3) is 0.611. The normalized spacial score (nSPS) is 13.3. The first-order valence-electron chi connectivity index (χ1n) is 8.33. The van der Waals surface area contributed by atoms with Crippen molar-refractivity contribution < 1.29 is 14.5 Å². The van der Waals surface area contributed by atoms with Crippen molar-refractivity contribution >= 4 is 11.7 Å². The Morgan fingerprint density at radius 3 is 2.30 bits per heavy atom. The minimum absolute atomic E-state index is 0.0375. The molecule has 1 aromatic carbocycles. The minimum Gasteiger partial charge on any atom is -0.460 e. The van der Waals surface area contributed by atoms with Crippen molar-refractivity contribution in [3.8, 4) is 0 Å². The Balaban J connectivity index is 2.62. The molecule has 23 heavy (non-hydrogen) atoms. The van der Waals surface area contributed by atoms with Crippen LogP contribution in [0.25, 0.3) is 0 Å². The van der Waals surface area contributed by atoms with Crippen LogP contribution in [0.4, 0.5) is 5.69 Å². The smallest absolute Gasteiger partial charge is 0.312 e. The number of ether oxygens (including phenoxy) is 1. The molecule has 0 fully saturated rings. The van der Waals surface area contributed by atoms with E-state index in [1.165, 1.54) is 12.1 Å². The monoisotopic (exact) mass is 321 g/mol. The summed E-state index contributed by atoms with van der Waals surface area (Å²) in [6.45, 7) is 6.35. The molecule has 0 spiro atoms. The number of hydrogen-bond acceptors (Lipinski definition) is 4. The Morgan fingerprint density at radius 1 is 1.13 bits per heavy atom. The molecule has 0 saturated heterocycles. The van der Waals surface area contributed by atoms with Crippen LogP contribution in [0.2, 0.25) is 0 Å². The van der Waals surface area contributed by atoms with Crippen LogP contribution in [0.15, 0.2) is 24.3 Å². The van der Waals surface area contributed by atoms with Crippen molar-refractivity contribution in [2.24, 2.45) is 5.41 Å². The van der Waals surface area contributed by atoms with Crippen LogP contribution in [-0.2, 0) is 16.1 Å². The topological polar surface area (TPSA) is 69.4 Å². The standard InChI is InChI=1S/C18H27NO4/c1-4-6-7-13-18(3,12-5-2)17(20)23-14-15-8-10-16(11-9-15)19(21)22/h8-11H,4-7,12-14H2,1-3H3. The first-order valence-corrected chi connectivity index (χ1v) is 8.33. The van der Waals surface area contributed by atoms with E-state index in [2.05, 4.69) is 13.8 Å². The molecule has 1 aromatic rings. The molecule has 0 radical (unpaired) electrons. The Labute approximate surface area is 138 Å². The second-order valence-electron chi connectivity index (χ2n) is 6.27. The van der Waals surface area contributed by atoms with E-state index in [9.17, 15) is 14.9 Å². The number of rotatable bonds is 10. The number of benzene rings is 1. The van der Waals surface area contributed by atoms with Gasteiger partial charge in [-0.1, -0.05) is 39.5 Å². The number of hydrogen-bond donors (Lipinski definition) is 0. The van der Waals surface area contributed by atoms with Gasteiger partial charge < -0.3 is 4.74 Å². The molecule has 0 heterocycles. The van der Waals surface area contributed by atoms with Gasteiger partial charge in [0, 0.05) is 12.1 Å². The molecule has 1 unspecified atom stereocenters. The van der Waals surface area contributed by atoms with Crippen molar-refractivity contribution in [3.63, 3.8) is 0 Å². The number of nitro groups is 1. The summed E-state index contributed by atoms with van der Waals surface area (Å²) < 4.78 is 5.47. The molecule has 0 aliphatic rings. The Morgan fingerprint density at radius 2 is 1.78 bits per heavy atom. The Kier molecular flexibility index (Phi) is 7.72. The maximum Gasteiger partial charge on any atom is 0.312 e. The Hall–Kier alpha value is -1.91. The molecule has 5 heteroatoms. The van der Waals surface area contributed by atoms with Crippen LogP contribution >= 0.6 is 0 Å². The number of unbranched alkanes of at least 4 members (excludes halogenated alkanes) is 2. The lowest BCUT2D eigenvalue weighted by atomic mass is 9.80. The third-order valence-corrected chi connectivity index (χ3v) is 4.14. The number of carbonyl (C=O) groups is 1. The van der Waals surface area contributed by atoms with Crippen LogP contribution in [0, 0.1) is 15.5 Å². The summed E-state index contributed by atoms with van der Waals surface area (Å²) in [5.74, 6) is -0.172. The first kappa shape index (κ1) is 19.1. The van der Waals surface area contributed by atoms with Crippen LogP contribution in [-0.4, -0.2) is 10.9 Å². The van der Waals surface area contributed by atoms with Gasteiger partial charge in [-0.3, -0.25) is 14.9 Å². The molecule has 0 aromatic heterocycles. The van der Waals surface area contributed by atoms with Gasteiger partial charge in [-0.05, 0) is 37.5 Å². The van der Waals surface area contributed by atoms with Gasteiger partial charge >= 0.3 is 5.97 Å². The zero-order valence-corrected chi connectivity index (χ0v) is 14.3. The van der Waals surface area contributed by atoms with Crippen molar-refractivity contribution in [3.05, 3.63) is 39.9 Å². The molecule has 0 aliphatic carbocycles. The Bertz CT molecular complexity index is 512. The highest BCUT2D eigenvalue weighted by Crippen LogP contribution is 2.32. The third-order valence-electron chi connectivity index (χ3n) is 4.14. The summed E-state index contributed by atoms with van der Waals surface area (Å²) in [7, 11) is 0. The minimum atomic E-state index is -0.443. The maximum atomic E-state index is 12.5. The molecular weight excluding hydrogens is 294 g/mol. The average molecular weight is 321 g/mol. The van der Waals surface area contributed by atoms with Crippen molar-refractivity contribution in [2.45, 2.75) is 65.9 Å². The van der Waals surface area contributed by atoms with Crippen LogP contribution in [0.5, 0.6) is 0 Å². The lowest BCUT2D eigenvalue weighted by Crippen LogP contribution is -2.29. The summed E-state index contributed by atoms with van der Waals surface area (Å²) in [5, 5.41) is 10.6. The fourth-order valence-electron chi connectivity index (χ4n) is 2.68. The van der Waals surface area contributed by atoms with Crippen molar-refractivity contribution in [2.75, 3.05) is 0 Å². The van der Waals surface area contributed by atoms with E-state index < -0.39 is 10.3 Å². The summed E-state index contributed by atoms with van der Waals surface area (Å²) in [4.78, 5) is 22.7. The molecule has 1 atom stereocenters. The van der Waals surface area contributed by atoms with Gasteiger partial charge in [0.15, 0.2) is 0 Å². The number of nitro benzene ring substituents is 1. The van der Waals surface area contributed by atoms with E-state index in [0.29, 0.717) is 0 Å². The van der Waals surface area contributed by atoms with Crippen LogP contribution < -0.4 is 0 Å². The lowest BCUT2D eigenvalue weighted by molar-refractivity contribution is -0.384. The van der Waals surface area contributed by atoms with Gasteiger partial charge in [0.05, 0.1) is 10.3 Å².